The van der Waals surface area contributed by atoms with E-state index < -0.39 is 0 Å². The minimum atomic E-state index is 0.0968. The van der Waals surface area contributed by atoms with Crippen molar-refractivity contribution in [2.75, 3.05) is 37.9 Å². The SMILES string of the molecule is CCn1c(=O)/c(=C2/Sc3ccc(OC)cc3N2C)s/c1=C/C1=[N+](CC)CCS1. The number of ether oxygens (including phenoxy) is 1. The van der Waals surface area contributed by atoms with Gasteiger partial charge in [0.2, 0.25) is 5.04 Å². The van der Waals surface area contributed by atoms with E-state index in [0.29, 0.717) is 6.54 Å². The number of thiazole rings is 1. The van der Waals surface area contributed by atoms with Crippen LogP contribution >= 0.6 is 34.9 Å². The van der Waals surface area contributed by atoms with Crippen molar-refractivity contribution in [3.63, 3.8) is 0 Å². The standard InChI is InChI=1S/C20H24N3O2S3/c1-5-22-9-10-26-16(22)12-17-23(6-2)19(24)18(28-17)20-21(3)14-11-13(25-4)7-8-15(14)27-20/h7-8,11-12H,5-6,9-10H2,1-4H3/q+1/b20-18-. The summed E-state index contributed by atoms with van der Waals surface area (Å²) in [7, 11) is 3.70. The molecule has 0 bridgehead atoms. The molecule has 0 aliphatic carbocycles. The molecular weight excluding hydrogens is 410 g/mol. The molecule has 0 saturated heterocycles. The van der Waals surface area contributed by atoms with E-state index in [2.05, 4.69) is 28.5 Å². The molecule has 1 aromatic heterocycles. The van der Waals surface area contributed by atoms with Crippen molar-refractivity contribution in [3.8, 4) is 5.75 Å². The Morgan fingerprint density at radius 3 is 2.86 bits per heavy atom. The Hall–Kier alpha value is -1.64. The van der Waals surface area contributed by atoms with Gasteiger partial charge in [-0.05, 0) is 26.0 Å². The van der Waals surface area contributed by atoms with Crippen molar-refractivity contribution >= 4 is 56.7 Å². The van der Waals surface area contributed by atoms with Crippen molar-refractivity contribution < 1.29 is 9.31 Å². The molecule has 4 rings (SSSR count). The van der Waals surface area contributed by atoms with Crippen molar-refractivity contribution in [1.82, 2.24) is 4.57 Å². The summed E-state index contributed by atoms with van der Waals surface area (Å²) in [6, 6.07) is 6.05. The number of rotatable bonds is 4. The molecule has 0 saturated carbocycles. The van der Waals surface area contributed by atoms with Crippen LogP contribution in [0.1, 0.15) is 13.8 Å². The summed E-state index contributed by atoms with van der Waals surface area (Å²) >= 11 is 5.13. The van der Waals surface area contributed by atoms with Gasteiger partial charge in [0.05, 0.1) is 24.6 Å². The summed E-state index contributed by atoms with van der Waals surface area (Å²) < 4.78 is 11.5. The zero-order valence-electron chi connectivity index (χ0n) is 16.5. The maximum atomic E-state index is 13.2. The van der Waals surface area contributed by atoms with Gasteiger partial charge in [-0.2, -0.15) is 0 Å². The third-order valence-corrected chi connectivity index (χ3v) is 8.56. The molecule has 0 spiro atoms. The average molecular weight is 435 g/mol. The molecule has 3 heterocycles. The Bertz CT molecular complexity index is 1130. The Labute approximate surface area is 177 Å². The smallest absolute Gasteiger partial charge is 0.271 e. The van der Waals surface area contributed by atoms with Crippen LogP contribution in [0.2, 0.25) is 0 Å². The van der Waals surface area contributed by atoms with Crippen LogP contribution in [0.4, 0.5) is 5.69 Å². The fourth-order valence-electron chi connectivity index (χ4n) is 3.44. The molecule has 28 heavy (non-hydrogen) atoms. The highest BCUT2D eigenvalue weighted by molar-refractivity contribution is 8.14. The lowest BCUT2D eigenvalue weighted by atomic mass is 10.3. The highest BCUT2D eigenvalue weighted by Gasteiger charge is 2.26. The first kappa shape index (κ1) is 19.7. The fourth-order valence-corrected chi connectivity index (χ4v) is 7.06. The summed E-state index contributed by atoms with van der Waals surface area (Å²) in [5.74, 6) is 1.94. The predicted octanol–water partition coefficient (Wildman–Crippen LogP) is 2.20. The average Bonchev–Trinajstić information content (AvgIpc) is 3.38. The number of nitrogens with zero attached hydrogens (tertiary/aromatic N) is 3. The Kier molecular flexibility index (Phi) is 5.62. The minimum Gasteiger partial charge on any atom is -0.497 e. The second-order valence-electron chi connectivity index (χ2n) is 6.53. The molecule has 2 aromatic rings. The number of hydrogen-bond donors (Lipinski definition) is 0. The molecular formula is C20H24N3O2S3+. The first-order valence-electron chi connectivity index (χ1n) is 9.37. The molecule has 0 N–H and O–H groups in total. The third kappa shape index (κ3) is 3.31. The summed E-state index contributed by atoms with van der Waals surface area (Å²) in [6.07, 6.45) is 2.19. The fraction of sp³-hybridized carbons (Fsp3) is 0.400. The van der Waals surface area contributed by atoms with E-state index in [1.807, 2.05) is 42.4 Å². The second-order valence-corrected chi connectivity index (χ2v) is 9.71. The van der Waals surface area contributed by atoms with E-state index in [-0.39, 0.29) is 5.56 Å². The first-order chi connectivity index (χ1) is 13.6. The third-order valence-electron chi connectivity index (χ3n) is 5.01. The van der Waals surface area contributed by atoms with Crippen LogP contribution in [0.15, 0.2) is 27.9 Å². The summed E-state index contributed by atoms with van der Waals surface area (Å²) in [5.41, 5.74) is 1.18. The van der Waals surface area contributed by atoms with Gasteiger partial charge in [0.15, 0.2) is 6.54 Å². The van der Waals surface area contributed by atoms with Crippen LogP contribution < -0.4 is 24.4 Å². The van der Waals surface area contributed by atoms with Gasteiger partial charge in [0, 0.05) is 24.6 Å². The summed E-state index contributed by atoms with van der Waals surface area (Å²) in [5, 5.41) is 2.26. The predicted molar refractivity (Wildman–Crippen MR) is 122 cm³/mol. The Morgan fingerprint density at radius 2 is 2.14 bits per heavy atom. The van der Waals surface area contributed by atoms with E-state index in [1.54, 1.807) is 30.2 Å². The number of hydrogen-bond acceptors (Lipinski definition) is 6. The zero-order valence-corrected chi connectivity index (χ0v) is 19.0. The monoisotopic (exact) mass is 434 g/mol. The van der Waals surface area contributed by atoms with Crippen LogP contribution in [0.5, 0.6) is 5.75 Å². The quantitative estimate of drug-likeness (QED) is 0.690. The van der Waals surface area contributed by atoms with Gasteiger partial charge in [-0.3, -0.25) is 9.36 Å². The molecule has 0 atom stereocenters. The Morgan fingerprint density at radius 1 is 1.32 bits per heavy atom. The van der Waals surface area contributed by atoms with Crippen LogP contribution in [-0.2, 0) is 6.54 Å². The Balaban J connectivity index is 1.88. The van der Waals surface area contributed by atoms with Crippen LogP contribution in [-0.4, -0.2) is 47.2 Å². The number of thioether (sulfide) groups is 2. The van der Waals surface area contributed by atoms with Gasteiger partial charge in [-0.25, -0.2) is 4.58 Å². The van der Waals surface area contributed by atoms with Crippen molar-refractivity contribution in [3.05, 3.63) is 37.7 Å². The molecule has 0 unspecified atom stereocenters. The number of fused-ring (bicyclic) bond motifs is 1. The largest absolute Gasteiger partial charge is 0.497 e. The van der Waals surface area contributed by atoms with E-state index in [9.17, 15) is 4.79 Å². The summed E-state index contributed by atoms with van der Waals surface area (Å²) in [4.78, 5) is 16.4. The normalized spacial score (nSPS) is 19.0. The molecule has 0 fully saturated rings. The van der Waals surface area contributed by atoms with Gasteiger partial charge >= 0.3 is 0 Å². The van der Waals surface area contributed by atoms with Gasteiger partial charge in [0.1, 0.15) is 26.5 Å². The van der Waals surface area contributed by atoms with Crippen LogP contribution in [0.25, 0.3) is 11.1 Å². The summed E-state index contributed by atoms with van der Waals surface area (Å²) in [6.45, 7) is 6.97. The zero-order chi connectivity index (χ0) is 19.8. The second kappa shape index (κ2) is 8.00. The van der Waals surface area contributed by atoms with E-state index >= 15 is 0 Å². The van der Waals surface area contributed by atoms with E-state index in [1.165, 1.54) is 5.04 Å². The lowest BCUT2D eigenvalue weighted by molar-refractivity contribution is -0.512. The maximum Gasteiger partial charge on any atom is 0.271 e. The molecule has 2 aliphatic heterocycles. The molecule has 0 radical (unpaired) electrons. The lowest BCUT2D eigenvalue weighted by Crippen LogP contribution is -2.33. The number of methoxy groups -OCH3 is 1. The van der Waals surface area contributed by atoms with Crippen LogP contribution in [0, 0.1) is 0 Å². The highest BCUT2D eigenvalue weighted by Crippen LogP contribution is 2.46. The van der Waals surface area contributed by atoms with Crippen molar-refractivity contribution in [2.24, 2.45) is 0 Å². The molecule has 5 nitrogen and oxygen atoms in total. The molecule has 8 heteroatoms. The maximum absolute atomic E-state index is 13.2. The molecule has 0 amide bonds. The van der Waals surface area contributed by atoms with Gasteiger partial charge in [0.25, 0.3) is 5.56 Å². The van der Waals surface area contributed by atoms with Crippen molar-refractivity contribution in [2.45, 2.75) is 25.3 Å². The number of aromatic nitrogens is 1. The van der Waals surface area contributed by atoms with Crippen LogP contribution in [0.3, 0.4) is 0 Å². The molecule has 148 valence electrons. The van der Waals surface area contributed by atoms with E-state index in [4.69, 9.17) is 4.74 Å². The van der Waals surface area contributed by atoms with Gasteiger partial charge < -0.3 is 9.64 Å². The topological polar surface area (TPSA) is 37.5 Å². The number of anilines is 1. The lowest BCUT2D eigenvalue weighted by Gasteiger charge is -2.13. The van der Waals surface area contributed by atoms with Crippen molar-refractivity contribution in [1.29, 1.82) is 0 Å². The van der Waals surface area contributed by atoms with Gasteiger partial charge in [-0.15, -0.1) is 11.3 Å². The minimum absolute atomic E-state index is 0.0968. The highest BCUT2D eigenvalue weighted by atomic mass is 32.2. The van der Waals surface area contributed by atoms with Gasteiger partial charge in [-0.1, -0.05) is 23.5 Å². The van der Waals surface area contributed by atoms with E-state index in [0.717, 1.165) is 49.4 Å². The molecule has 2 aliphatic rings. The first-order valence-corrected chi connectivity index (χ1v) is 12.0. The molecule has 1 aromatic carbocycles. The number of benzene rings is 1.